The molecule has 0 aromatic carbocycles. The van der Waals surface area contributed by atoms with Crippen LogP contribution in [0.3, 0.4) is 0 Å². The van der Waals surface area contributed by atoms with E-state index in [1.54, 1.807) is 0 Å². The highest BCUT2D eigenvalue weighted by atomic mass is 16.4. The predicted octanol–water partition coefficient (Wildman–Crippen LogP) is -1.13. The van der Waals surface area contributed by atoms with Gasteiger partial charge in [0.15, 0.2) is 5.78 Å². The molecule has 0 aliphatic carbocycles. The van der Waals surface area contributed by atoms with Gasteiger partial charge in [-0.2, -0.15) is 0 Å². The minimum absolute atomic E-state index is 0.737. The predicted molar refractivity (Wildman–Crippen MR) is 35.5 cm³/mol. The normalized spacial score (nSPS) is 14.8. The van der Waals surface area contributed by atoms with Crippen LogP contribution in [-0.4, -0.2) is 38.6 Å². The molecular weight excluding hydrogens is 168 g/mol. The molecular formula is C6H8O6. The van der Waals surface area contributed by atoms with E-state index < -0.39 is 29.7 Å². The standard InChI is InChI=1S/C6H8O6/c1-6(12,5(10)11)3(7)2-4(8)9/h12H,2H2,1H3,(H,8,9)(H,10,11). The molecule has 0 aliphatic heterocycles. The zero-order chi connectivity index (χ0) is 9.94. The summed E-state index contributed by atoms with van der Waals surface area (Å²) >= 11 is 0. The quantitative estimate of drug-likeness (QED) is 0.467. The van der Waals surface area contributed by atoms with Crippen molar-refractivity contribution < 1.29 is 29.7 Å². The minimum atomic E-state index is -2.61. The lowest BCUT2D eigenvalue weighted by Crippen LogP contribution is -2.44. The molecule has 0 rings (SSSR count). The fraction of sp³-hybridized carbons (Fsp3) is 0.500. The molecule has 0 saturated carbocycles. The molecule has 1 atom stereocenters. The van der Waals surface area contributed by atoms with E-state index in [0.717, 1.165) is 6.92 Å². The fourth-order valence-corrected chi connectivity index (χ4v) is 0.429. The molecule has 6 heteroatoms. The van der Waals surface area contributed by atoms with E-state index in [1.165, 1.54) is 0 Å². The Balaban J connectivity index is 4.47. The highest BCUT2D eigenvalue weighted by Gasteiger charge is 2.39. The molecule has 0 heterocycles. The molecule has 0 radical (unpaired) electrons. The Labute approximate surface area is 67.4 Å². The summed E-state index contributed by atoms with van der Waals surface area (Å²) in [7, 11) is 0. The van der Waals surface area contributed by atoms with Crippen LogP contribution in [0.2, 0.25) is 0 Å². The Kier molecular flexibility index (Phi) is 2.92. The van der Waals surface area contributed by atoms with Crippen LogP contribution in [0.15, 0.2) is 0 Å². The number of carbonyl (C=O) groups is 3. The Morgan fingerprint density at radius 1 is 1.25 bits per heavy atom. The number of carboxylic acid groups (broad SMARTS) is 2. The van der Waals surface area contributed by atoms with Crippen molar-refractivity contribution >= 4 is 17.7 Å². The Morgan fingerprint density at radius 2 is 1.67 bits per heavy atom. The first-order valence-corrected chi connectivity index (χ1v) is 2.99. The summed E-state index contributed by atoms with van der Waals surface area (Å²) in [5.41, 5.74) is -2.61. The van der Waals surface area contributed by atoms with Crippen molar-refractivity contribution in [3.8, 4) is 0 Å². The lowest BCUT2D eigenvalue weighted by atomic mass is 9.99. The van der Waals surface area contributed by atoms with Crippen LogP contribution >= 0.6 is 0 Å². The van der Waals surface area contributed by atoms with Crippen LogP contribution in [0.1, 0.15) is 13.3 Å². The molecule has 3 N–H and O–H groups in total. The molecule has 6 nitrogen and oxygen atoms in total. The SMILES string of the molecule is CC(O)(C(=O)O)C(=O)CC(=O)O. The largest absolute Gasteiger partial charge is 0.481 e. The van der Waals surface area contributed by atoms with Crippen molar-refractivity contribution in [1.82, 2.24) is 0 Å². The Bertz CT molecular complexity index is 228. The van der Waals surface area contributed by atoms with Gasteiger partial charge in [0.2, 0.25) is 5.60 Å². The third kappa shape index (κ3) is 2.31. The number of carbonyl (C=O) groups excluding carboxylic acids is 1. The molecule has 0 bridgehead atoms. The molecule has 68 valence electrons. The van der Waals surface area contributed by atoms with Crippen molar-refractivity contribution in [2.45, 2.75) is 18.9 Å². The monoisotopic (exact) mass is 176 g/mol. The van der Waals surface area contributed by atoms with Crippen molar-refractivity contribution in [3.63, 3.8) is 0 Å². The summed E-state index contributed by atoms with van der Waals surface area (Å²) in [6.45, 7) is 0.737. The summed E-state index contributed by atoms with van der Waals surface area (Å²) in [6, 6.07) is 0. The van der Waals surface area contributed by atoms with Gasteiger partial charge in [0.25, 0.3) is 0 Å². The summed E-state index contributed by atoms with van der Waals surface area (Å²) in [6.07, 6.45) is -1.00. The summed E-state index contributed by atoms with van der Waals surface area (Å²) in [5, 5.41) is 25.3. The van der Waals surface area contributed by atoms with E-state index in [-0.39, 0.29) is 0 Å². The van der Waals surface area contributed by atoms with Crippen LogP contribution in [-0.2, 0) is 14.4 Å². The van der Waals surface area contributed by atoms with Crippen molar-refractivity contribution in [2.24, 2.45) is 0 Å². The summed E-state index contributed by atoms with van der Waals surface area (Å²) < 4.78 is 0. The third-order valence-electron chi connectivity index (χ3n) is 1.27. The van der Waals surface area contributed by atoms with Gasteiger partial charge in [-0.25, -0.2) is 4.79 Å². The molecule has 12 heavy (non-hydrogen) atoms. The molecule has 0 spiro atoms. The smallest absolute Gasteiger partial charge is 0.343 e. The van der Waals surface area contributed by atoms with Gasteiger partial charge in [0.05, 0.1) is 0 Å². The molecule has 1 unspecified atom stereocenters. The molecule has 0 amide bonds. The maximum absolute atomic E-state index is 10.7. The Hall–Kier alpha value is -1.43. The fourth-order valence-electron chi connectivity index (χ4n) is 0.429. The van der Waals surface area contributed by atoms with E-state index in [2.05, 4.69) is 0 Å². The number of ketones is 1. The average Bonchev–Trinajstić information content (AvgIpc) is 1.85. The topological polar surface area (TPSA) is 112 Å². The van der Waals surface area contributed by atoms with Crippen molar-refractivity contribution in [1.29, 1.82) is 0 Å². The van der Waals surface area contributed by atoms with E-state index in [1.807, 2.05) is 0 Å². The number of hydrogen-bond acceptors (Lipinski definition) is 4. The van der Waals surface area contributed by atoms with Crippen LogP contribution in [0.25, 0.3) is 0 Å². The number of rotatable bonds is 4. The van der Waals surface area contributed by atoms with E-state index in [4.69, 9.17) is 15.3 Å². The molecule has 0 aliphatic rings. The maximum atomic E-state index is 10.7. The number of hydrogen-bond donors (Lipinski definition) is 3. The van der Waals surface area contributed by atoms with Gasteiger partial charge in [-0.15, -0.1) is 0 Å². The molecule has 0 fully saturated rings. The van der Waals surface area contributed by atoms with Gasteiger partial charge in [-0.3, -0.25) is 9.59 Å². The van der Waals surface area contributed by atoms with E-state index in [9.17, 15) is 14.4 Å². The first-order chi connectivity index (χ1) is 5.28. The van der Waals surface area contributed by atoms with Gasteiger partial charge < -0.3 is 15.3 Å². The highest BCUT2D eigenvalue weighted by Crippen LogP contribution is 2.07. The zero-order valence-corrected chi connectivity index (χ0v) is 6.27. The first kappa shape index (κ1) is 10.6. The summed E-state index contributed by atoms with van der Waals surface area (Å²) in [4.78, 5) is 30.8. The van der Waals surface area contributed by atoms with Gasteiger partial charge in [0, 0.05) is 0 Å². The van der Waals surface area contributed by atoms with Crippen LogP contribution in [0, 0.1) is 0 Å². The minimum Gasteiger partial charge on any atom is -0.481 e. The number of aliphatic carboxylic acids is 2. The molecule has 0 saturated heterocycles. The van der Waals surface area contributed by atoms with Gasteiger partial charge in [-0.1, -0.05) is 0 Å². The molecule has 0 aromatic heterocycles. The second-order valence-electron chi connectivity index (χ2n) is 2.37. The Morgan fingerprint density at radius 3 is 1.92 bits per heavy atom. The molecule has 0 aromatic rings. The average molecular weight is 176 g/mol. The van der Waals surface area contributed by atoms with E-state index >= 15 is 0 Å². The number of carboxylic acids is 2. The highest BCUT2D eigenvalue weighted by molar-refractivity contribution is 6.11. The van der Waals surface area contributed by atoms with Crippen molar-refractivity contribution in [2.75, 3.05) is 0 Å². The van der Waals surface area contributed by atoms with E-state index in [0.29, 0.717) is 0 Å². The van der Waals surface area contributed by atoms with Crippen molar-refractivity contribution in [3.05, 3.63) is 0 Å². The van der Waals surface area contributed by atoms with Crippen LogP contribution in [0.4, 0.5) is 0 Å². The number of aliphatic hydroxyl groups is 1. The van der Waals surface area contributed by atoms with Gasteiger partial charge in [0.1, 0.15) is 6.42 Å². The number of Topliss-reactive ketones (excluding diaryl/α,β-unsaturated/α-hetero) is 1. The lowest BCUT2D eigenvalue weighted by molar-refractivity contribution is -0.164. The summed E-state index contributed by atoms with van der Waals surface area (Å²) in [5.74, 6) is -4.47. The second-order valence-corrected chi connectivity index (χ2v) is 2.37. The first-order valence-electron chi connectivity index (χ1n) is 2.99. The van der Waals surface area contributed by atoms with Gasteiger partial charge in [-0.05, 0) is 6.92 Å². The third-order valence-corrected chi connectivity index (χ3v) is 1.27. The van der Waals surface area contributed by atoms with Crippen LogP contribution in [0.5, 0.6) is 0 Å². The van der Waals surface area contributed by atoms with Crippen LogP contribution < -0.4 is 0 Å². The van der Waals surface area contributed by atoms with Gasteiger partial charge >= 0.3 is 11.9 Å². The second kappa shape index (κ2) is 3.31. The zero-order valence-electron chi connectivity index (χ0n) is 6.27. The maximum Gasteiger partial charge on any atom is 0.343 e. The lowest BCUT2D eigenvalue weighted by Gasteiger charge is -2.14.